The van der Waals surface area contributed by atoms with Gasteiger partial charge in [0.25, 0.3) is 5.91 Å². The second-order valence-corrected chi connectivity index (χ2v) is 5.46. The van der Waals surface area contributed by atoms with Crippen LogP contribution in [0.5, 0.6) is 0 Å². The van der Waals surface area contributed by atoms with Gasteiger partial charge in [0.05, 0.1) is 16.3 Å². The molecule has 0 aliphatic rings. The molecule has 19 heavy (non-hydrogen) atoms. The van der Waals surface area contributed by atoms with Gasteiger partial charge in [-0.1, -0.05) is 39.1 Å². The number of carbonyl (C=O) groups excluding carboxylic acids is 1. The molecule has 1 amide bonds. The summed E-state index contributed by atoms with van der Waals surface area (Å²) in [5.74, 6) is -1.27. The Kier molecular flexibility index (Phi) is 4.45. The minimum absolute atomic E-state index is 0.0968. The largest absolute Gasteiger partial charge is 0.321 e. The van der Waals surface area contributed by atoms with E-state index in [2.05, 4.69) is 21.2 Å². The SMILES string of the molecule is O=C(Nc1cc(Br)ccc1Cl)c1ccc(Cl)cc1F. The summed E-state index contributed by atoms with van der Waals surface area (Å²) in [5, 5.41) is 3.14. The first kappa shape index (κ1) is 14.3. The van der Waals surface area contributed by atoms with Crippen LogP contribution in [0.25, 0.3) is 0 Å². The molecule has 0 aromatic heterocycles. The average Bonchev–Trinajstić information content (AvgIpc) is 2.33. The van der Waals surface area contributed by atoms with Crippen LogP contribution < -0.4 is 5.32 Å². The minimum atomic E-state index is -0.684. The molecule has 0 aliphatic heterocycles. The number of rotatable bonds is 2. The Balaban J connectivity index is 2.28. The van der Waals surface area contributed by atoms with E-state index in [1.165, 1.54) is 12.1 Å². The number of anilines is 1. The summed E-state index contributed by atoms with van der Waals surface area (Å²) in [6, 6.07) is 8.84. The van der Waals surface area contributed by atoms with E-state index in [9.17, 15) is 9.18 Å². The Bertz CT molecular complexity index is 649. The van der Waals surface area contributed by atoms with Gasteiger partial charge < -0.3 is 5.32 Å². The molecule has 0 heterocycles. The van der Waals surface area contributed by atoms with Crippen LogP contribution in [-0.2, 0) is 0 Å². The first-order valence-corrected chi connectivity index (χ1v) is 6.74. The maximum Gasteiger partial charge on any atom is 0.258 e. The average molecular weight is 363 g/mol. The van der Waals surface area contributed by atoms with Crippen LogP contribution in [0.3, 0.4) is 0 Å². The van der Waals surface area contributed by atoms with E-state index >= 15 is 0 Å². The van der Waals surface area contributed by atoms with E-state index in [4.69, 9.17) is 23.2 Å². The van der Waals surface area contributed by atoms with Crippen LogP contribution in [0.15, 0.2) is 40.9 Å². The third-order valence-corrected chi connectivity index (χ3v) is 3.41. The Morgan fingerprint density at radius 1 is 1.16 bits per heavy atom. The van der Waals surface area contributed by atoms with Crippen molar-refractivity contribution in [2.45, 2.75) is 0 Å². The fourth-order valence-electron chi connectivity index (χ4n) is 1.46. The molecule has 2 rings (SSSR count). The molecule has 0 saturated heterocycles. The van der Waals surface area contributed by atoms with Crippen molar-refractivity contribution in [2.75, 3.05) is 5.32 Å². The Morgan fingerprint density at radius 3 is 2.58 bits per heavy atom. The van der Waals surface area contributed by atoms with Gasteiger partial charge in [-0.15, -0.1) is 0 Å². The van der Waals surface area contributed by atoms with Crippen LogP contribution in [-0.4, -0.2) is 5.91 Å². The minimum Gasteiger partial charge on any atom is -0.321 e. The lowest BCUT2D eigenvalue weighted by atomic mass is 10.2. The van der Waals surface area contributed by atoms with E-state index < -0.39 is 11.7 Å². The van der Waals surface area contributed by atoms with Crippen LogP contribution in [0, 0.1) is 5.82 Å². The van der Waals surface area contributed by atoms with Crippen molar-refractivity contribution < 1.29 is 9.18 Å². The zero-order valence-electron chi connectivity index (χ0n) is 9.38. The number of benzene rings is 2. The molecule has 0 unspecified atom stereocenters. The van der Waals surface area contributed by atoms with Gasteiger partial charge >= 0.3 is 0 Å². The van der Waals surface area contributed by atoms with Crippen LogP contribution in [0.4, 0.5) is 10.1 Å². The van der Waals surface area contributed by atoms with Gasteiger partial charge in [0.15, 0.2) is 0 Å². The zero-order valence-corrected chi connectivity index (χ0v) is 12.5. The fourth-order valence-corrected chi connectivity index (χ4v) is 2.14. The first-order valence-electron chi connectivity index (χ1n) is 5.19. The van der Waals surface area contributed by atoms with Gasteiger partial charge in [-0.2, -0.15) is 0 Å². The molecule has 2 aromatic carbocycles. The predicted octanol–water partition coefficient (Wildman–Crippen LogP) is 5.15. The van der Waals surface area contributed by atoms with E-state index in [0.29, 0.717) is 10.7 Å². The molecule has 0 bridgehead atoms. The van der Waals surface area contributed by atoms with Crippen molar-refractivity contribution in [3.05, 3.63) is 62.3 Å². The predicted molar refractivity (Wildman–Crippen MR) is 78.5 cm³/mol. The molecule has 6 heteroatoms. The van der Waals surface area contributed by atoms with Gasteiger partial charge in [-0.25, -0.2) is 4.39 Å². The monoisotopic (exact) mass is 361 g/mol. The van der Waals surface area contributed by atoms with Crippen LogP contribution in [0.2, 0.25) is 10.0 Å². The third kappa shape index (κ3) is 3.47. The summed E-state index contributed by atoms with van der Waals surface area (Å²) in [7, 11) is 0. The standard InChI is InChI=1S/C13H7BrCl2FNO/c14-7-1-4-10(16)12(5-7)18-13(19)9-3-2-8(15)6-11(9)17/h1-6H,(H,18,19). The number of amides is 1. The van der Waals surface area contributed by atoms with Gasteiger partial charge in [-0.3, -0.25) is 4.79 Å². The zero-order chi connectivity index (χ0) is 14.0. The second kappa shape index (κ2) is 5.90. The fraction of sp³-hybridized carbons (Fsp3) is 0. The molecular formula is C13H7BrCl2FNO. The van der Waals surface area contributed by atoms with Crippen molar-refractivity contribution >= 4 is 50.7 Å². The van der Waals surface area contributed by atoms with Crippen molar-refractivity contribution in [3.8, 4) is 0 Å². The molecule has 0 spiro atoms. The maximum absolute atomic E-state index is 13.6. The van der Waals surface area contributed by atoms with Gasteiger partial charge in [-0.05, 0) is 36.4 Å². The highest BCUT2D eigenvalue weighted by molar-refractivity contribution is 9.10. The molecule has 2 nitrogen and oxygen atoms in total. The van der Waals surface area contributed by atoms with E-state index in [1.807, 2.05) is 0 Å². The number of carbonyl (C=O) groups is 1. The second-order valence-electron chi connectivity index (χ2n) is 3.70. The Labute approximate surface area is 127 Å². The van der Waals surface area contributed by atoms with Crippen LogP contribution >= 0.6 is 39.1 Å². The quantitative estimate of drug-likeness (QED) is 0.786. The Hall–Kier alpha value is -1.10. The summed E-state index contributed by atoms with van der Waals surface area (Å²) in [6.45, 7) is 0. The van der Waals surface area contributed by atoms with Crippen molar-refractivity contribution in [3.63, 3.8) is 0 Å². The number of hydrogen-bond donors (Lipinski definition) is 1. The van der Waals surface area contributed by atoms with E-state index in [0.717, 1.165) is 10.5 Å². The van der Waals surface area contributed by atoms with Crippen molar-refractivity contribution in [2.24, 2.45) is 0 Å². The summed E-state index contributed by atoms with van der Waals surface area (Å²) in [6.07, 6.45) is 0. The molecule has 2 aromatic rings. The third-order valence-electron chi connectivity index (χ3n) is 2.35. The molecule has 0 saturated carbocycles. The summed E-state index contributed by atoms with van der Waals surface area (Å²) < 4.78 is 14.3. The van der Waals surface area contributed by atoms with Gasteiger partial charge in [0, 0.05) is 9.50 Å². The van der Waals surface area contributed by atoms with E-state index in [-0.39, 0.29) is 10.6 Å². The van der Waals surface area contributed by atoms with Crippen molar-refractivity contribution in [1.29, 1.82) is 0 Å². The smallest absolute Gasteiger partial charge is 0.258 e. The number of halogens is 4. The lowest BCUT2D eigenvalue weighted by Gasteiger charge is -2.08. The highest BCUT2D eigenvalue weighted by Gasteiger charge is 2.13. The summed E-state index contributed by atoms with van der Waals surface area (Å²) in [5.41, 5.74) is 0.302. The number of nitrogens with one attached hydrogen (secondary N) is 1. The molecule has 0 radical (unpaired) electrons. The molecular weight excluding hydrogens is 356 g/mol. The van der Waals surface area contributed by atoms with E-state index in [1.54, 1.807) is 18.2 Å². The first-order chi connectivity index (χ1) is 8.97. The molecule has 1 N–H and O–H groups in total. The molecule has 0 atom stereocenters. The summed E-state index contributed by atoms with van der Waals surface area (Å²) >= 11 is 14.8. The van der Waals surface area contributed by atoms with Gasteiger partial charge in [0.2, 0.25) is 0 Å². The maximum atomic E-state index is 13.6. The van der Waals surface area contributed by atoms with Crippen LogP contribution in [0.1, 0.15) is 10.4 Å². The lowest BCUT2D eigenvalue weighted by molar-refractivity contribution is 0.102. The highest BCUT2D eigenvalue weighted by atomic mass is 79.9. The highest BCUT2D eigenvalue weighted by Crippen LogP contribution is 2.26. The molecule has 0 aliphatic carbocycles. The topological polar surface area (TPSA) is 29.1 Å². The van der Waals surface area contributed by atoms with Crippen molar-refractivity contribution in [1.82, 2.24) is 0 Å². The summed E-state index contributed by atoms with van der Waals surface area (Å²) in [4.78, 5) is 11.9. The lowest BCUT2D eigenvalue weighted by Crippen LogP contribution is -2.14. The molecule has 98 valence electrons. The number of hydrogen-bond acceptors (Lipinski definition) is 1. The molecule has 0 fully saturated rings. The Morgan fingerprint density at radius 2 is 1.89 bits per heavy atom. The normalized spacial score (nSPS) is 10.3. The van der Waals surface area contributed by atoms with Gasteiger partial charge in [0.1, 0.15) is 5.82 Å².